The van der Waals surface area contributed by atoms with Crippen molar-refractivity contribution in [2.75, 3.05) is 0 Å². The highest BCUT2D eigenvalue weighted by atomic mass is 16.4. The fourth-order valence-electron chi connectivity index (χ4n) is 3.42. The summed E-state index contributed by atoms with van der Waals surface area (Å²) in [6.07, 6.45) is 2.81. The largest absolute Gasteiger partial charge is 0.481 e. The highest BCUT2D eigenvalue weighted by Crippen LogP contribution is 2.33. The maximum absolute atomic E-state index is 12.4. The van der Waals surface area contributed by atoms with Gasteiger partial charge in [-0.15, -0.1) is 0 Å². The summed E-state index contributed by atoms with van der Waals surface area (Å²) in [6, 6.07) is 8.24. The minimum Gasteiger partial charge on any atom is -0.481 e. The number of hydrogen-bond donors (Lipinski definition) is 3. The van der Waals surface area contributed by atoms with Crippen molar-refractivity contribution < 1.29 is 24.6 Å². The van der Waals surface area contributed by atoms with Crippen molar-refractivity contribution in [1.29, 1.82) is 0 Å². The molecule has 1 aromatic carbocycles. The normalized spacial score (nSPS) is 22.6. The van der Waals surface area contributed by atoms with Crippen molar-refractivity contribution in [2.45, 2.75) is 45.1 Å². The fraction of sp³-hybridized carbons (Fsp3) is 0.526. The van der Waals surface area contributed by atoms with Gasteiger partial charge in [0, 0.05) is 12.3 Å². The molecule has 6 nitrogen and oxygen atoms in total. The molecule has 1 aliphatic carbocycles. The molecular formula is C19H25NO5. The highest BCUT2D eigenvalue weighted by molar-refractivity contribution is 5.85. The molecular weight excluding hydrogens is 322 g/mol. The lowest BCUT2D eigenvalue weighted by Crippen LogP contribution is -2.45. The summed E-state index contributed by atoms with van der Waals surface area (Å²) in [4.78, 5) is 34.9. The van der Waals surface area contributed by atoms with Crippen LogP contribution in [0.4, 0.5) is 0 Å². The van der Waals surface area contributed by atoms with Crippen molar-refractivity contribution in [2.24, 2.45) is 17.8 Å². The molecule has 136 valence electrons. The third-order valence-electron chi connectivity index (χ3n) is 5.14. The molecule has 2 rings (SSSR count). The molecule has 1 amide bonds. The van der Waals surface area contributed by atoms with Gasteiger partial charge in [0.05, 0.1) is 5.92 Å². The van der Waals surface area contributed by atoms with Crippen LogP contribution in [0, 0.1) is 17.8 Å². The average molecular weight is 347 g/mol. The van der Waals surface area contributed by atoms with E-state index in [4.69, 9.17) is 5.11 Å². The van der Waals surface area contributed by atoms with E-state index < -0.39 is 23.9 Å². The van der Waals surface area contributed by atoms with Crippen LogP contribution in [0.5, 0.6) is 0 Å². The molecule has 0 aromatic heterocycles. The molecule has 6 heteroatoms. The summed E-state index contributed by atoms with van der Waals surface area (Å²) in [6.45, 7) is 1.70. The van der Waals surface area contributed by atoms with Crippen molar-refractivity contribution in [3.8, 4) is 0 Å². The van der Waals surface area contributed by atoms with Gasteiger partial charge < -0.3 is 15.5 Å². The van der Waals surface area contributed by atoms with Crippen LogP contribution in [0.1, 0.15) is 38.2 Å². The predicted octanol–water partition coefficient (Wildman–Crippen LogP) is 2.33. The highest BCUT2D eigenvalue weighted by Gasteiger charge is 2.33. The number of rotatable bonds is 7. The van der Waals surface area contributed by atoms with E-state index in [0.29, 0.717) is 25.7 Å². The first-order valence-corrected chi connectivity index (χ1v) is 8.68. The topological polar surface area (TPSA) is 104 Å². The molecule has 0 bridgehead atoms. The van der Waals surface area contributed by atoms with E-state index in [1.165, 1.54) is 0 Å². The molecule has 0 heterocycles. The summed E-state index contributed by atoms with van der Waals surface area (Å²) in [7, 11) is 0. The van der Waals surface area contributed by atoms with E-state index in [9.17, 15) is 19.5 Å². The van der Waals surface area contributed by atoms with Gasteiger partial charge in [-0.2, -0.15) is 0 Å². The molecule has 3 N–H and O–H groups in total. The molecule has 0 radical (unpaired) electrons. The standard InChI is InChI=1S/C19H25NO5/c1-12(18(22)23)14-7-9-15(10-8-14)17(21)20-16(19(24)25)11-13-5-3-2-4-6-13/h2-6,12,14-16H,7-11H2,1H3,(H,20,21)(H,22,23)(H,24,25)/t12-,14?,15?,16+/m0/s1. The molecule has 1 aliphatic rings. The van der Waals surface area contributed by atoms with Gasteiger partial charge in [-0.25, -0.2) is 4.79 Å². The number of carboxylic acid groups (broad SMARTS) is 2. The predicted molar refractivity (Wildman–Crippen MR) is 92.0 cm³/mol. The van der Waals surface area contributed by atoms with Crippen LogP contribution in [0.3, 0.4) is 0 Å². The molecule has 0 spiro atoms. The summed E-state index contributed by atoms with van der Waals surface area (Å²) >= 11 is 0. The molecule has 0 aliphatic heterocycles. The number of carbonyl (C=O) groups excluding carboxylic acids is 1. The van der Waals surface area contributed by atoms with Gasteiger partial charge in [0.15, 0.2) is 0 Å². The molecule has 25 heavy (non-hydrogen) atoms. The first-order valence-electron chi connectivity index (χ1n) is 8.68. The van der Waals surface area contributed by atoms with Crippen LogP contribution >= 0.6 is 0 Å². The monoisotopic (exact) mass is 347 g/mol. The SMILES string of the molecule is C[C@H](C(=O)O)C1CCC(C(=O)N[C@H](Cc2ccccc2)C(=O)O)CC1. The van der Waals surface area contributed by atoms with Gasteiger partial charge in [0.25, 0.3) is 0 Å². The maximum atomic E-state index is 12.4. The Bertz CT molecular complexity index is 608. The maximum Gasteiger partial charge on any atom is 0.326 e. The number of hydrogen-bond acceptors (Lipinski definition) is 3. The van der Waals surface area contributed by atoms with Crippen LogP contribution in [0.25, 0.3) is 0 Å². The number of benzene rings is 1. The second kappa shape index (κ2) is 8.65. The van der Waals surface area contributed by atoms with E-state index >= 15 is 0 Å². The van der Waals surface area contributed by atoms with E-state index in [0.717, 1.165) is 5.56 Å². The van der Waals surface area contributed by atoms with Crippen LogP contribution in [0.15, 0.2) is 30.3 Å². The average Bonchev–Trinajstić information content (AvgIpc) is 2.61. The number of carboxylic acids is 2. The summed E-state index contributed by atoms with van der Waals surface area (Å²) in [5.74, 6) is -2.67. The van der Waals surface area contributed by atoms with Crippen molar-refractivity contribution in [3.05, 3.63) is 35.9 Å². The number of nitrogens with one attached hydrogen (secondary N) is 1. The Labute approximate surface area is 147 Å². The summed E-state index contributed by atoms with van der Waals surface area (Å²) in [5, 5.41) is 21.1. The zero-order valence-electron chi connectivity index (χ0n) is 14.4. The minimum absolute atomic E-state index is 0.0844. The zero-order valence-corrected chi connectivity index (χ0v) is 14.4. The van der Waals surface area contributed by atoms with Crippen molar-refractivity contribution >= 4 is 17.8 Å². The van der Waals surface area contributed by atoms with Gasteiger partial charge >= 0.3 is 11.9 Å². The lowest BCUT2D eigenvalue weighted by atomic mass is 9.76. The Morgan fingerprint density at radius 2 is 1.64 bits per heavy atom. The zero-order chi connectivity index (χ0) is 18.4. The lowest BCUT2D eigenvalue weighted by molar-refractivity contribution is -0.144. The number of carbonyl (C=O) groups is 3. The van der Waals surface area contributed by atoms with E-state index in [-0.39, 0.29) is 24.2 Å². The van der Waals surface area contributed by atoms with E-state index in [1.807, 2.05) is 30.3 Å². The second-order valence-electron chi connectivity index (χ2n) is 6.83. The molecule has 1 aromatic rings. The number of aliphatic carboxylic acids is 2. The van der Waals surface area contributed by atoms with Crippen LogP contribution in [-0.2, 0) is 20.8 Å². The number of amides is 1. The minimum atomic E-state index is -1.05. The summed E-state index contributed by atoms with van der Waals surface area (Å²) < 4.78 is 0. The third-order valence-corrected chi connectivity index (χ3v) is 5.14. The van der Waals surface area contributed by atoms with Crippen LogP contribution < -0.4 is 5.32 Å². The van der Waals surface area contributed by atoms with Gasteiger partial charge in [0.1, 0.15) is 6.04 Å². The van der Waals surface area contributed by atoms with Gasteiger partial charge in [-0.05, 0) is 37.2 Å². The first-order chi connectivity index (χ1) is 11.9. The quantitative estimate of drug-likeness (QED) is 0.702. The smallest absolute Gasteiger partial charge is 0.326 e. The molecule has 1 fully saturated rings. The summed E-state index contributed by atoms with van der Waals surface area (Å²) in [5.41, 5.74) is 0.856. The Morgan fingerprint density at radius 1 is 1.04 bits per heavy atom. The van der Waals surface area contributed by atoms with Gasteiger partial charge in [0.2, 0.25) is 5.91 Å². The Morgan fingerprint density at radius 3 is 2.16 bits per heavy atom. The van der Waals surface area contributed by atoms with Crippen molar-refractivity contribution in [1.82, 2.24) is 5.32 Å². The third kappa shape index (κ3) is 5.31. The van der Waals surface area contributed by atoms with Gasteiger partial charge in [-0.1, -0.05) is 37.3 Å². The lowest BCUT2D eigenvalue weighted by Gasteiger charge is -2.30. The Balaban J connectivity index is 1.89. The van der Waals surface area contributed by atoms with Gasteiger partial charge in [-0.3, -0.25) is 9.59 Å². The molecule has 0 saturated heterocycles. The Kier molecular flexibility index (Phi) is 6.56. The molecule has 2 atom stereocenters. The van der Waals surface area contributed by atoms with Crippen LogP contribution in [-0.4, -0.2) is 34.1 Å². The van der Waals surface area contributed by atoms with Crippen LogP contribution in [0.2, 0.25) is 0 Å². The Hall–Kier alpha value is -2.37. The molecule has 0 unspecified atom stereocenters. The van der Waals surface area contributed by atoms with E-state index in [2.05, 4.69) is 5.32 Å². The van der Waals surface area contributed by atoms with Crippen molar-refractivity contribution in [3.63, 3.8) is 0 Å². The first kappa shape index (κ1) is 19.0. The second-order valence-corrected chi connectivity index (χ2v) is 6.83. The van der Waals surface area contributed by atoms with E-state index in [1.54, 1.807) is 6.92 Å². The molecule has 1 saturated carbocycles. The fourth-order valence-corrected chi connectivity index (χ4v) is 3.42.